The fraction of sp³-hybridized carbons (Fsp3) is 0.0952. The second-order valence-electron chi connectivity index (χ2n) is 6.48. The van der Waals surface area contributed by atoms with Gasteiger partial charge >= 0.3 is 0 Å². The van der Waals surface area contributed by atoms with Crippen molar-refractivity contribution in [1.82, 2.24) is 0 Å². The number of nitrogens with one attached hydrogen (secondary N) is 1. The van der Waals surface area contributed by atoms with E-state index in [1.165, 1.54) is 48.5 Å². The lowest BCUT2D eigenvalue weighted by Gasteiger charge is -2.23. The van der Waals surface area contributed by atoms with Crippen molar-refractivity contribution in [1.29, 1.82) is 0 Å². The maximum absolute atomic E-state index is 13.0. The van der Waals surface area contributed by atoms with E-state index in [1.807, 2.05) is 0 Å². The van der Waals surface area contributed by atoms with Crippen LogP contribution in [-0.2, 0) is 16.6 Å². The number of halogens is 3. The van der Waals surface area contributed by atoms with Gasteiger partial charge in [0.25, 0.3) is 5.91 Å². The van der Waals surface area contributed by atoms with E-state index in [1.54, 1.807) is 18.2 Å². The molecule has 3 aromatic carbocycles. The number of amides is 1. The normalized spacial score (nSPS) is 11.2. The largest absolute Gasteiger partial charge is 0.322 e. The zero-order chi connectivity index (χ0) is 21.9. The number of benzene rings is 3. The van der Waals surface area contributed by atoms with Crippen LogP contribution in [0.5, 0.6) is 0 Å². The number of nitrogens with zero attached hydrogens (tertiary/aromatic N) is 1. The fourth-order valence-electron chi connectivity index (χ4n) is 2.74. The summed E-state index contributed by atoms with van der Waals surface area (Å²) in [6.45, 7) is -0.0571. The van der Waals surface area contributed by atoms with Crippen LogP contribution in [0.25, 0.3) is 0 Å². The summed E-state index contributed by atoms with van der Waals surface area (Å²) in [5.74, 6) is -0.815. The minimum absolute atomic E-state index is 0.0571. The van der Waals surface area contributed by atoms with Gasteiger partial charge in [0.15, 0.2) is 0 Å². The lowest BCUT2D eigenvalue weighted by Crippen LogP contribution is -2.29. The molecule has 0 saturated heterocycles. The van der Waals surface area contributed by atoms with Crippen molar-refractivity contribution in [2.24, 2.45) is 0 Å². The molecule has 0 saturated carbocycles. The van der Waals surface area contributed by atoms with E-state index in [-0.39, 0.29) is 6.54 Å². The van der Waals surface area contributed by atoms with Crippen molar-refractivity contribution in [3.63, 3.8) is 0 Å². The number of hydrogen-bond donors (Lipinski definition) is 1. The van der Waals surface area contributed by atoms with Gasteiger partial charge in [-0.2, -0.15) is 0 Å². The summed E-state index contributed by atoms with van der Waals surface area (Å²) in [5, 5.41) is 3.35. The predicted molar refractivity (Wildman–Crippen MR) is 118 cm³/mol. The molecule has 3 aromatic rings. The van der Waals surface area contributed by atoms with Crippen LogP contribution in [0.1, 0.15) is 15.9 Å². The first kappa shape index (κ1) is 22.1. The van der Waals surface area contributed by atoms with E-state index in [0.29, 0.717) is 32.5 Å². The lowest BCUT2D eigenvalue weighted by atomic mass is 10.1. The van der Waals surface area contributed by atoms with Crippen molar-refractivity contribution < 1.29 is 17.6 Å². The minimum atomic E-state index is -3.66. The molecule has 0 aliphatic carbocycles. The van der Waals surface area contributed by atoms with E-state index in [9.17, 15) is 17.6 Å². The summed E-state index contributed by atoms with van der Waals surface area (Å²) in [6, 6.07) is 16.3. The molecular weight excluding hydrogens is 450 g/mol. The summed E-state index contributed by atoms with van der Waals surface area (Å²) in [4.78, 5) is 12.4. The van der Waals surface area contributed by atoms with Crippen molar-refractivity contribution in [3.8, 4) is 0 Å². The SMILES string of the molecule is CS(=O)(=O)N(Cc1c(Cl)cccc1Cl)c1ccc(C(=O)Nc2ccc(F)cc2)cc1. The van der Waals surface area contributed by atoms with Crippen LogP contribution in [-0.4, -0.2) is 20.6 Å². The summed E-state index contributed by atoms with van der Waals surface area (Å²) in [7, 11) is -3.66. The van der Waals surface area contributed by atoms with E-state index in [4.69, 9.17) is 23.2 Å². The maximum Gasteiger partial charge on any atom is 0.255 e. The van der Waals surface area contributed by atoms with E-state index in [0.717, 1.165) is 10.6 Å². The first-order valence-corrected chi connectivity index (χ1v) is 11.3. The van der Waals surface area contributed by atoms with Crippen LogP contribution in [0, 0.1) is 5.82 Å². The molecule has 5 nitrogen and oxygen atoms in total. The van der Waals surface area contributed by atoms with Crippen molar-refractivity contribution in [2.45, 2.75) is 6.54 Å². The molecule has 0 heterocycles. The first-order valence-electron chi connectivity index (χ1n) is 8.73. The van der Waals surface area contributed by atoms with Gasteiger partial charge < -0.3 is 5.32 Å². The lowest BCUT2D eigenvalue weighted by molar-refractivity contribution is 0.102. The molecule has 30 heavy (non-hydrogen) atoms. The van der Waals surface area contributed by atoms with Crippen molar-refractivity contribution in [3.05, 3.63) is 93.7 Å². The quantitative estimate of drug-likeness (QED) is 0.532. The van der Waals surface area contributed by atoms with Gasteiger partial charge in [0.1, 0.15) is 5.82 Å². The number of anilines is 2. The van der Waals surface area contributed by atoms with E-state index < -0.39 is 21.7 Å². The highest BCUT2D eigenvalue weighted by Gasteiger charge is 2.21. The predicted octanol–water partition coefficient (Wildman–Crippen LogP) is 5.35. The van der Waals surface area contributed by atoms with Crippen molar-refractivity contribution >= 4 is 50.5 Å². The second kappa shape index (κ2) is 9.04. The minimum Gasteiger partial charge on any atom is -0.322 e. The summed E-state index contributed by atoms with van der Waals surface area (Å²) >= 11 is 12.4. The third-order valence-corrected chi connectivity index (χ3v) is 6.13. The standard InChI is InChI=1S/C21H17Cl2FN2O3S/c1-30(28,29)26(13-18-19(22)3-2-4-20(18)23)17-11-5-14(6-12-17)21(27)25-16-9-7-15(24)8-10-16/h2-12H,13H2,1H3,(H,25,27). The van der Waals surface area contributed by atoms with Gasteiger partial charge in [-0.1, -0.05) is 29.3 Å². The molecule has 0 aliphatic rings. The molecule has 0 aromatic heterocycles. The number of sulfonamides is 1. The Hall–Kier alpha value is -2.61. The molecule has 0 fully saturated rings. The Labute approximate surface area is 184 Å². The maximum atomic E-state index is 13.0. The first-order chi connectivity index (χ1) is 14.1. The molecule has 9 heteroatoms. The van der Waals surface area contributed by atoms with Gasteiger partial charge in [-0.05, 0) is 60.7 Å². The molecule has 0 spiro atoms. The zero-order valence-electron chi connectivity index (χ0n) is 15.8. The van der Waals surface area contributed by atoms with Gasteiger partial charge in [-0.15, -0.1) is 0 Å². The summed E-state index contributed by atoms with van der Waals surface area (Å²) < 4.78 is 38.9. The second-order valence-corrected chi connectivity index (χ2v) is 9.20. The Morgan fingerprint density at radius 3 is 2.07 bits per heavy atom. The Morgan fingerprint density at radius 2 is 1.53 bits per heavy atom. The number of hydrogen-bond acceptors (Lipinski definition) is 3. The molecule has 0 bridgehead atoms. The third kappa shape index (κ3) is 5.30. The van der Waals surface area contributed by atoms with Crippen LogP contribution in [0.4, 0.5) is 15.8 Å². The average Bonchev–Trinajstić information content (AvgIpc) is 2.69. The molecule has 0 atom stereocenters. The Kier molecular flexibility index (Phi) is 6.65. The molecule has 1 N–H and O–H groups in total. The van der Waals surface area contributed by atoms with Gasteiger partial charge in [-0.25, -0.2) is 12.8 Å². The van der Waals surface area contributed by atoms with E-state index >= 15 is 0 Å². The van der Waals surface area contributed by atoms with Gasteiger partial charge in [0.2, 0.25) is 10.0 Å². The fourth-order valence-corrected chi connectivity index (χ4v) is 4.13. The monoisotopic (exact) mass is 466 g/mol. The zero-order valence-corrected chi connectivity index (χ0v) is 18.1. The van der Waals surface area contributed by atoms with Crippen LogP contribution in [0.3, 0.4) is 0 Å². The smallest absolute Gasteiger partial charge is 0.255 e. The summed E-state index contributed by atoms with van der Waals surface area (Å²) in [6.07, 6.45) is 1.08. The molecule has 0 radical (unpaired) electrons. The van der Waals surface area contributed by atoms with Gasteiger partial charge in [-0.3, -0.25) is 9.10 Å². The Balaban J connectivity index is 1.84. The molecule has 1 amide bonds. The van der Waals surface area contributed by atoms with Crippen LogP contribution in [0.15, 0.2) is 66.7 Å². The van der Waals surface area contributed by atoms with Crippen LogP contribution >= 0.6 is 23.2 Å². The Morgan fingerprint density at radius 1 is 0.967 bits per heavy atom. The Bertz CT molecular complexity index is 1150. The molecule has 3 rings (SSSR count). The highest BCUT2D eigenvalue weighted by atomic mass is 35.5. The number of carbonyl (C=O) groups excluding carboxylic acids is 1. The van der Waals surface area contributed by atoms with Crippen LogP contribution < -0.4 is 9.62 Å². The molecule has 0 aliphatic heterocycles. The third-order valence-electron chi connectivity index (χ3n) is 4.28. The molecule has 156 valence electrons. The summed E-state index contributed by atoms with van der Waals surface area (Å²) in [5.41, 5.74) is 1.58. The molecule has 0 unspecified atom stereocenters. The number of rotatable bonds is 6. The highest BCUT2D eigenvalue weighted by molar-refractivity contribution is 7.92. The van der Waals surface area contributed by atoms with Gasteiger partial charge in [0.05, 0.1) is 18.5 Å². The number of carbonyl (C=O) groups is 1. The topological polar surface area (TPSA) is 66.5 Å². The van der Waals surface area contributed by atoms with Gasteiger partial charge in [0, 0.05) is 26.9 Å². The van der Waals surface area contributed by atoms with E-state index in [2.05, 4.69) is 5.32 Å². The average molecular weight is 467 g/mol. The molecular formula is C21H17Cl2FN2O3S. The van der Waals surface area contributed by atoms with Crippen LogP contribution in [0.2, 0.25) is 10.0 Å². The van der Waals surface area contributed by atoms with Crippen molar-refractivity contribution in [2.75, 3.05) is 15.9 Å². The highest BCUT2D eigenvalue weighted by Crippen LogP contribution is 2.29.